The summed E-state index contributed by atoms with van der Waals surface area (Å²) in [5, 5.41) is 11.8. The first-order chi connectivity index (χ1) is 10.1. The molecule has 0 aliphatic heterocycles. The number of halogens is 1. The SMILES string of the molecule is O=C(N[C@@H](Cc1cccc(Br)c1)C(=O)O)c1ccncc1. The number of nitrogens with one attached hydrogen (secondary N) is 1. The summed E-state index contributed by atoms with van der Waals surface area (Å²) in [6, 6.07) is 9.41. The van der Waals surface area contributed by atoms with Crippen molar-refractivity contribution in [3.05, 3.63) is 64.4 Å². The van der Waals surface area contributed by atoms with Crippen molar-refractivity contribution in [1.29, 1.82) is 0 Å². The number of benzene rings is 1. The molecule has 0 aliphatic rings. The van der Waals surface area contributed by atoms with E-state index in [-0.39, 0.29) is 6.42 Å². The van der Waals surface area contributed by atoms with Crippen LogP contribution in [0, 0.1) is 0 Å². The lowest BCUT2D eigenvalue weighted by Crippen LogP contribution is -2.42. The zero-order valence-corrected chi connectivity index (χ0v) is 12.6. The number of carbonyl (C=O) groups is 2. The number of rotatable bonds is 5. The van der Waals surface area contributed by atoms with Crippen molar-refractivity contribution in [2.75, 3.05) is 0 Å². The fourth-order valence-electron chi connectivity index (χ4n) is 1.84. The van der Waals surface area contributed by atoms with E-state index in [0.717, 1.165) is 10.0 Å². The largest absolute Gasteiger partial charge is 0.480 e. The number of hydrogen-bond donors (Lipinski definition) is 2. The monoisotopic (exact) mass is 348 g/mol. The van der Waals surface area contributed by atoms with Gasteiger partial charge in [0.15, 0.2) is 0 Å². The van der Waals surface area contributed by atoms with Gasteiger partial charge in [0.05, 0.1) is 0 Å². The van der Waals surface area contributed by atoms with Gasteiger partial charge in [-0.2, -0.15) is 0 Å². The molecule has 1 atom stereocenters. The molecule has 21 heavy (non-hydrogen) atoms. The van der Waals surface area contributed by atoms with Crippen LogP contribution >= 0.6 is 15.9 Å². The summed E-state index contributed by atoms with van der Waals surface area (Å²) in [4.78, 5) is 27.1. The molecule has 108 valence electrons. The van der Waals surface area contributed by atoms with E-state index < -0.39 is 17.9 Å². The van der Waals surface area contributed by atoms with Crippen LogP contribution < -0.4 is 5.32 Å². The van der Waals surface area contributed by atoms with Crippen molar-refractivity contribution in [3.63, 3.8) is 0 Å². The predicted octanol–water partition coefficient (Wildman–Crippen LogP) is 2.27. The quantitative estimate of drug-likeness (QED) is 0.868. The van der Waals surface area contributed by atoms with Crippen LogP contribution in [-0.4, -0.2) is 28.0 Å². The summed E-state index contributed by atoms with van der Waals surface area (Å²) in [6.45, 7) is 0. The summed E-state index contributed by atoms with van der Waals surface area (Å²) in [6.07, 6.45) is 3.18. The van der Waals surface area contributed by atoms with Crippen LogP contribution in [-0.2, 0) is 11.2 Å². The number of nitrogens with zero attached hydrogens (tertiary/aromatic N) is 1. The molecular weight excluding hydrogens is 336 g/mol. The van der Waals surface area contributed by atoms with E-state index >= 15 is 0 Å². The van der Waals surface area contributed by atoms with Crippen molar-refractivity contribution in [3.8, 4) is 0 Å². The molecule has 0 bridgehead atoms. The summed E-state index contributed by atoms with van der Waals surface area (Å²) in [5.41, 5.74) is 1.21. The standard InChI is InChI=1S/C15H13BrN2O3/c16-12-3-1-2-10(8-12)9-13(15(20)21)18-14(19)11-4-6-17-7-5-11/h1-8,13H,9H2,(H,18,19)(H,20,21)/t13-/m0/s1. The molecule has 0 spiro atoms. The maximum atomic E-state index is 12.0. The first-order valence-electron chi connectivity index (χ1n) is 6.24. The van der Waals surface area contributed by atoms with Gasteiger partial charge in [0, 0.05) is 28.9 Å². The number of aromatic nitrogens is 1. The highest BCUT2D eigenvalue weighted by molar-refractivity contribution is 9.10. The average Bonchev–Trinajstić information content (AvgIpc) is 2.47. The van der Waals surface area contributed by atoms with Crippen LogP contribution in [0.25, 0.3) is 0 Å². The Morgan fingerprint density at radius 2 is 1.95 bits per heavy atom. The number of carboxylic acids is 1. The third-order valence-corrected chi connectivity index (χ3v) is 3.37. The van der Waals surface area contributed by atoms with Crippen LogP contribution in [0.5, 0.6) is 0 Å². The molecule has 2 rings (SSSR count). The molecule has 0 saturated heterocycles. The van der Waals surface area contributed by atoms with Crippen LogP contribution in [0.4, 0.5) is 0 Å². The van der Waals surface area contributed by atoms with Gasteiger partial charge in [0.1, 0.15) is 6.04 Å². The van der Waals surface area contributed by atoms with E-state index in [4.69, 9.17) is 0 Å². The second-order valence-electron chi connectivity index (χ2n) is 4.43. The van der Waals surface area contributed by atoms with Crippen LogP contribution in [0.3, 0.4) is 0 Å². The van der Waals surface area contributed by atoms with Gasteiger partial charge in [0.25, 0.3) is 5.91 Å². The zero-order valence-electron chi connectivity index (χ0n) is 11.0. The molecule has 1 heterocycles. The fourth-order valence-corrected chi connectivity index (χ4v) is 2.29. The van der Waals surface area contributed by atoms with Gasteiger partial charge < -0.3 is 10.4 Å². The Balaban J connectivity index is 2.09. The number of carbonyl (C=O) groups excluding carboxylic acids is 1. The molecule has 5 nitrogen and oxygen atoms in total. The molecule has 2 aromatic rings. The highest BCUT2D eigenvalue weighted by atomic mass is 79.9. The fraction of sp³-hybridized carbons (Fsp3) is 0.133. The molecule has 2 N–H and O–H groups in total. The summed E-state index contributed by atoms with van der Waals surface area (Å²) >= 11 is 3.33. The Morgan fingerprint density at radius 1 is 1.24 bits per heavy atom. The highest BCUT2D eigenvalue weighted by Gasteiger charge is 2.21. The van der Waals surface area contributed by atoms with Crippen molar-refractivity contribution in [1.82, 2.24) is 10.3 Å². The number of hydrogen-bond acceptors (Lipinski definition) is 3. The van der Waals surface area contributed by atoms with E-state index in [2.05, 4.69) is 26.2 Å². The second-order valence-corrected chi connectivity index (χ2v) is 5.35. The van der Waals surface area contributed by atoms with Gasteiger partial charge in [-0.3, -0.25) is 9.78 Å². The Labute approximate surface area is 130 Å². The van der Waals surface area contributed by atoms with Crippen molar-refractivity contribution < 1.29 is 14.7 Å². The Kier molecular flexibility index (Phi) is 5.05. The lowest BCUT2D eigenvalue weighted by Gasteiger charge is -2.14. The Bertz CT molecular complexity index is 646. The molecule has 0 fully saturated rings. The van der Waals surface area contributed by atoms with Gasteiger partial charge in [-0.25, -0.2) is 4.79 Å². The van der Waals surface area contributed by atoms with Crippen LogP contribution in [0.2, 0.25) is 0 Å². The van der Waals surface area contributed by atoms with Gasteiger partial charge in [-0.1, -0.05) is 28.1 Å². The van der Waals surface area contributed by atoms with Gasteiger partial charge in [-0.05, 0) is 29.8 Å². The number of pyridine rings is 1. The Hall–Kier alpha value is -2.21. The maximum absolute atomic E-state index is 12.0. The minimum atomic E-state index is -1.07. The van der Waals surface area contributed by atoms with Gasteiger partial charge in [-0.15, -0.1) is 0 Å². The molecule has 1 amide bonds. The molecule has 0 saturated carbocycles. The molecule has 1 aromatic heterocycles. The lowest BCUT2D eigenvalue weighted by atomic mass is 10.1. The van der Waals surface area contributed by atoms with Crippen LogP contribution in [0.1, 0.15) is 15.9 Å². The summed E-state index contributed by atoms with van der Waals surface area (Å²) in [5.74, 6) is -1.50. The molecule has 0 unspecified atom stereocenters. The Morgan fingerprint density at radius 3 is 2.57 bits per heavy atom. The molecule has 1 aromatic carbocycles. The molecular formula is C15H13BrN2O3. The maximum Gasteiger partial charge on any atom is 0.326 e. The van der Waals surface area contributed by atoms with E-state index in [9.17, 15) is 14.7 Å². The number of amides is 1. The zero-order chi connectivity index (χ0) is 15.2. The first-order valence-corrected chi connectivity index (χ1v) is 7.03. The van der Waals surface area contributed by atoms with E-state index in [1.54, 1.807) is 0 Å². The predicted molar refractivity (Wildman–Crippen MR) is 81.0 cm³/mol. The van der Waals surface area contributed by atoms with Crippen molar-refractivity contribution in [2.45, 2.75) is 12.5 Å². The van der Waals surface area contributed by atoms with Gasteiger partial charge >= 0.3 is 5.97 Å². The van der Waals surface area contributed by atoms with E-state index in [0.29, 0.717) is 5.56 Å². The van der Waals surface area contributed by atoms with Gasteiger partial charge in [0.2, 0.25) is 0 Å². The summed E-state index contributed by atoms with van der Waals surface area (Å²) in [7, 11) is 0. The smallest absolute Gasteiger partial charge is 0.326 e. The van der Waals surface area contributed by atoms with E-state index in [1.807, 2.05) is 24.3 Å². The normalized spacial score (nSPS) is 11.7. The molecule has 0 aliphatic carbocycles. The van der Waals surface area contributed by atoms with Crippen molar-refractivity contribution >= 4 is 27.8 Å². The van der Waals surface area contributed by atoms with Crippen molar-refractivity contribution in [2.24, 2.45) is 0 Å². The first kappa shape index (κ1) is 15.2. The second kappa shape index (κ2) is 6.99. The number of carboxylic acid groups (broad SMARTS) is 1. The topological polar surface area (TPSA) is 79.3 Å². The van der Waals surface area contributed by atoms with E-state index in [1.165, 1.54) is 24.5 Å². The average molecular weight is 349 g/mol. The number of aliphatic carboxylic acids is 1. The van der Waals surface area contributed by atoms with Crippen LogP contribution in [0.15, 0.2) is 53.3 Å². The highest BCUT2D eigenvalue weighted by Crippen LogP contribution is 2.13. The molecule has 0 radical (unpaired) electrons. The lowest BCUT2D eigenvalue weighted by molar-refractivity contribution is -0.139. The minimum absolute atomic E-state index is 0.214. The molecule has 6 heteroatoms. The minimum Gasteiger partial charge on any atom is -0.480 e. The third kappa shape index (κ3) is 4.39. The third-order valence-electron chi connectivity index (χ3n) is 2.87. The summed E-state index contributed by atoms with van der Waals surface area (Å²) < 4.78 is 0.865.